The molecule has 0 unspecified atom stereocenters. The lowest BCUT2D eigenvalue weighted by atomic mass is 9.95. The van der Waals surface area contributed by atoms with Crippen molar-refractivity contribution in [3.8, 4) is 0 Å². The molecule has 2 aromatic rings. The maximum Gasteiger partial charge on any atom is 0.222 e. The summed E-state index contributed by atoms with van der Waals surface area (Å²) in [7, 11) is 0. The second kappa shape index (κ2) is 9.10. The smallest absolute Gasteiger partial charge is 0.222 e. The fourth-order valence-electron chi connectivity index (χ4n) is 3.38. The monoisotopic (exact) mass is 380 g/mol. The fourth-order valence-corrected chi connectivity index (χ4v) is 3.38. The van der Waals surface area contributed by atoms with Gasteiger partial charge in [-0.15, -0.1) is 12.4 Å². The van der Waals surface area contributed by atoms with Gasteiger partial charge in [0, 0.05) is 31.5 Å². The van der Waals surface area contributed by atoms with E-state index in [1.54, 1.807) is 6.07 Å². The summed E-state index contributed by atoms with van der Waals surface area (Å²) in [6.07, 6.45) is 1.53. The first-order valence-electron chi connectivity index (χ1n) is 8.57. The SMILES string of the molecule is Cl.N[C@@H]1CN(C(=O)CCCc2ccc(F)c(F)c2)C[C@H]1c1ccccc1. The quantitative estimate of drug-likeness (QED) is 0.860. The first-order valence-corrected chi connectivity index (χ1v) is 8.57. The molecule has 140 valence electrons. The van der Waals surface area contributed by atoms with E-state index >= 15 is 0 Å². The van der Waals surface area contributed by atoms with E-state index in [9.17, 15) is 13.6 Å². The lowest BCUT2D eigenvalue weighted by molar-refractivity contribution is -0.130. The number of rotatable bonds is 5. The third-order valence-corrected chi connectivity index (χ3v) is 4.79. The molecule has 3 nitrogen and oxygen atoms in total. The zero-order valence-corrected chi connectivity index (χ0v) is 15.2. The second-order valence-corrected chi connectivity index (χ2v) is 6.58. The Kier molecular flexibility index (Phi) is 7.12. The number of halogens is 3. The van der Waals surface area contributed by atoms with Crippen molar-refractivity contribution in [3.05, 3.63) is 71.3 Å². The van der Waals surface area contributed by atoms with Crippen molar-refractivity contribution in [1.29, 1.82) is 0 Å². The first-order chi connectivity index (χ1) is 12.0. The molecule has 1 amide bonds. The molecule has 1 fully saturated rings. The van der Waals surface area contributed by atoms with Crippen molar-refractivity contribution in [1.82, 2.24) is 4.90 Å². The minimum atomic E-state index is -0.849. The third-order valence-electron chi connectivity index (χ3n) is 4.79. The van der Waals surface area contributed by atoms with Gasteiger partial charge in [0.1, 0.15) is 0 Å². The Labute approximate surface area is 158 Å². The van der Waals surface area contributed by atoms with Crippen LogP contribution in [-0.2, 0) is 11.2 Å². The van der Waals surface area contributed by atoms with E-state index in [0.717, 1.165) is 11.6 Å². The number of carbonyl (C=O) groups excluding carboxylic acids is 1. The maximum atomic E-state index is 13.2. The van der Waals surface area contributed by atoms with Crippen molar-refractivity contribution in [2.75, 3.05) is 13.1 Å². The summed E-state index contributed by atoms with van der Waals surface area (Å²) in [6, 6.07) is 13.8. The average Bonchev–Trinajstić information content (AvgIpc) is 3.01. The molecule has 1 saturated heterocycles. The van der Waals surface area contributed by atoms with E-state index in [-0.39, 0.29) is 30.3 Å². The van der Waals surface area contributed by atoms with Gasteiger partial charge in [-0.1, -0.05) is 36.4 Å². The van der Waals surface area contributed by atoms with Crippen LogP contribution in [-0.4, -0.2) is 29.9 Å². The lowest BCUT2D eigenvalue weighted by Crippen LogP contribution is -2.32. The van der Waals surface area contributed by atoms with Gasteiger partial charge in [-0.05, 0) is 36.1 Å². The van der Waals surface area contributed by atoms with Crippen LogP contribution in [0.1, 0.15) is 29.9 Å². The van der Waals surface area contributed by atoms with Gasteiger partial charge in [-0.3, -0.25) is 4.79 Å². The van der Waals surface area contributed by atoms with E-state index in [0.29, 0.717) is 37.9 Å². The number of nitrogens with two attached hydrogens (primary N) is 1. The summed E-state index contributed by atoms with van der Waals surface area (Å²) >= 11 is 0. The number of hydrogen-bond acceptors (Lipinski definition) is 2. The van der Waals surface area contributed by atoms with Crippen LogP contribution in [0.5, 0.6) is 0 Å². The predicted molar refractivity (Wildman–Crippen MR) is 100 cm³/mol. The van der Waals surface area contributed by atoms with Crippen molar-refractivity contribution in [3.63, 3.8) is 0 Å². The maximum absolute atomic E-state index is 13.2. The molecule has 1 heterocycles. The Balaban J connectivity index is 0.00000243. The molecule has 2 atom stereocenters. The molecule has 3 rings (SSSR count). The molecule has 0 aromatic heterocycles. The molecule has 1 aliphatic heterocycles. The molecular formula is C20H23ClF2N2O. The van der Waals surface area contributed by atoms with Gasteiger partial charge in [0.2, 0.25) is 5.91 Å². The van der Waals surface area contributed by atoms with Crippen LogP contribution in [0.4, 0.5) is 8.78 Å². The minimum absolute atomic E-state index is 0. The predicted octanol–water partition coefficient (Wildman–Crippen LogP) is 3.66. The van der Waals surface area contributed by atoms with E-state index in [1.165, 1.54) is 6.07 Å². The average molecular weight is 381 g/mol. The van der Waals surface area contributed by atoms with Crippen molar-refractivity contribution >= 4 is 18.3 Å². The Morgan fingerprint density at radius 1 is 1.08 bits per heavy atom. The van der Waals surface area contributed by atoms with Crippen LogP contribution in [0.2, 0.25) is 0 Å². The van der Waals surface area contributed by atoms with Gasteiger partial charge in [-0.25, -0.2) is 8.78 Å². The van der Waals surface area contributed by atoms with Crippen molar-refractivity contribution < 1.29 is 13.6 Å². The van der Waals surface area contributed by atoms with Crippen LogP contribution in [0, 0.1) is 11.6 Å². The zero-order valence-electron chi connectivity index (χ0n) is 14.4. The van der Waals surface area contributed by atoms with E-state index in [4.69, 9.17) is 5.73 Å². The van der Waals surface area contributed by atoms with Gasteiger partial charge in [0.15, 0.2) is 11.6 Å². The zero-order chi connectivity index (χ0) is 17.8. The van der Waals surface area contributed by atoms with Crippen LogP contribution in [0.3, 0.4) is 0 Å². The molecule has 6 heteroatoms. The second-order valence-electron chi connectivity index (χ2n) is 6.58. The summed E-state index contributed by atoms with van der Waals surface area (Å²) in [6.45, 7) is 1.19. The molecule has 0 aliphatic carbocycles. The Hall–Kier alpha value is -1.98. The number of likely N-dealkylation sites (tertiary alicyclic amines) is 1. The number of hydrogen-bond donors (Lipinski definition) is 1. The van der Waals surface area contributed by atoms with Crippen molar-refractivity contribution in [2.45, 2.75) is 31.2 Å². The first kappa shape index (κ1) is 20.3. The standard InChI is InChI=1S/C20H22F2N2O.ClH/c21-17-10-9-14(11-18(17)22)5-4-8-20(25)24-12-16(19(23)13-24)15-6-2-1-3-7-15;/h1-3,6-7,9-11,16,19H,4-5,8,12-13,23H2;1H/t16-,19+;/m0./s1. The number of amides is 1. The van der Waals surface area contributed by atoms with Crippen LogP contribution < -0.4 is 5.73 Å². The number of aryl methyl sites for hydroxylation is 1. The molecular weight excluding hydrogens is 358 g/mol. The molecule has 2 aromatic carbocycles. The van der Waals surface area contributed by atoms with Crippen LogP contribution in [0.15, 0.2) is 48.5 Å². The number of nitrogens with zero attached hydrogens (tertiary/aromatic N) is 1. The third kappa shape index (κ3) is 4.80. The molecule has 1 aliphatic rings. The molecule has 26 heavy (non-hydrogen) atoms. The van der Waals surface area contributed by atoms with E-state index in [1.807, 2.05) is 35.2 Å². The van der Waals surface area contributed by atoms with E-state index in [2.05, 4.69) is 0 Å². The summed E-state index contributed by atoms with van der Waals surface area (Å²) in [5, 5.41) is 0. The van der Waals surface area contributed by atoms with Crippen LogP contribution >= 0.6 is 12.4 Å². The topological polar surface area (TPSA) is 46.3 Å². The highest BCUT2D eigenvalue weighted by Gasteiger charge is 2.33. The molecule has 0 saturated carbocycles. The van der Waals surface area contributed by atoms with Crippen LogP contribution in [0.25, 0.3) is 0 Å². The summed E-state index contributed by atoms with van der Waals surface area (Å²) in [5.41, 5.74) is 8.08. The Morgan fingerprint density at radius 3 is 2.50 bits per heavy atom. The van der Waals surface area contributed by atoms with Gasteiger partial charge in [-0.2, -0.15) is 0 Å². The lowest BCUT2D eigenvalue weighted by Gasteiger charge is -2.16. The summed E-state index contributed by atoms with van der Waals surface area (Å²) < 4.78 is 26.1. The summed E-state index contributed by atoms with van der Waals surface area (Å²) in [5.74, 6) is -1.47. The van der Waals surface area contributed by atoms with Gasteiger partial charge in [0.05, 0.1) is 0 Å². The molecule has 2 N–H and O–H groups in total. The van der Waals surface area contributed by atoms with Gasteiger partial charge < -0.3 is 10.6 Å². The highest BCUT2D eigenvalue weighted by molar-refractivity contribution is 5.85. The molecule has 0 radical (unpaired) electrons. The Morgan fingerprint density at radius 2 is 1.81 bits per heavy atom. The minimum Gasteiger partial charge on any atom is -0.340 e. The highest BCUT2D eigenvalue weighted by Crippen LogP contribution is 2.27. The van der Waals surface area contributed by atoms with Gasteiger partial charge in [0.25, 0.3) is 0 Å². The van der Waals surface area contributed by atoms with E-state index < -0.39 is 11.6 Å². The highest BCUT2D eigenvalue weighted by atomic mass is 35.5. The number of benzene rings is 2. The fraction of sp³-hybridized carbons (Fsp3) is 0.350. The van der Waals surface area contributed by atoms with Gasteiger partial charge >= 0.3 is 0 Å². The molecule has 0 spiro atoms. The summed E-state index contributed by atoms with van der Waals surface area (Å²) in [4.78, 5) is 14.2. The normalized spacial score (nSPS) is 19.3. The van der Waals surface area contributed by atoms with Crippen molar-refractivity contribution in [2.24, 2.45) is 5.73 Å². The largest absolute Gasteiger partial charge is 0.340 e. The Bertz CT molecular complexity index is 742. The molecule has 0 bridgehead atoms. The number of carbonyl (C=O) groups is 1.